The Labute approximate surface area is 175 Å². The zero-order chi connectivity index (χ0) is 21.4. The average Bonchev–Trinajstić information content (AvgIpc) is 3.21. The predicted molar refractivity (Wildman–Crippen MR) is 117 cm³/mol. The molecule has 1 aliphatic heterocycles. The number of likely N-dealkylation sites (tertiary alicyclic amines) is 1. The Bertz CT molecular complexity index is 1140. The van der Waals surface area contributed by atoms with Crippen LogP contribution in [0, 0.1) is 0 Å². The molecule has 0 aliphatic carbocycles. The molecule has 1 aliphatic rings. The molecule has 3 aromatic rings. The summed E-state index contributed by atoms with van der Waals surface area (Å²) >= 11 is 0. The number of aliphatic hydroxyl groups excluding tert-OH is 1. The molecule has 2 heterocycles. The minimum atomic E-state index is -0.645. The number of aliphatic hydroxyl groups is 1. The molecular formula is C24H25N3O3. The van der Waals surface area contributed by atoms with Gasteiger partial charge in [-0.3, -0.25) is 9.59 Å². The summed E-state index contributed by atoms with van der Waals surface area (Å²) in [6.07, 6.45) is 1.95. The van der Waals surface area contributed by atoms with Crippen LogP contribution in [0.4, 0.5) is 0 Å². The molecule has 0 radical (unpaired) electrons. The van der Waals surface area contributed by atoms with Crippen molar-refractivity contribution >= 4 is 28.4 Å². The molecule has 1 amide bonds. The molecule has 154 valence electrons. The molecule has 1 atom stereocenters. The van der Waals surface area contributed by atoms with Crippen molar-refractivity contribution in [3.8, 4) is 0 Å². The third kappa shape index (κ3) is 3.29. The topological polar surface area (TPSA) is 65.8 Å². The second-order valence-corrected chi connectivity index (χ2v) is 7.87. The van der Waals surface area contributed by atoms with Crippen molar-refractivity contribution in [2.24, 2.45) is 7.05 Å². The second-order valence-electron chi connectivity index (χ2n) is 7.87. The Kier molecular flexibility index (Phi) is 5.18. The molecule has 30 heavy (non-hydrogen) atoms. The van der Waals surface area contributed by atoms with Crippen LogP contribution in [-0.4, -0.2) is 58.3 Å². The molecule has 1 fully saturated rings. The number of ketones is 1. The van der Waals surface area contributed by atoms with Gasteiger partial charge in [-0.25, -0.2) is 0 Å². The Morgan fingerprint density at radius 3 is 2.40 bits per heavy atom. The smallest absolute Gasteiger partial charge is 0.295 e. The average molecular weight is 403 g/mol. The van der Waals surface area contributed by atoms with Gasteiger partial charge in [-0.1, -0.05) is 48.5 Å². The van der Waals surface area contributed by atoms with Crippen molar-refractivity contribution in [3.63, 3.8) is 0 Å². The van der Waals surface area contributed by atoms with E-state index in [0.717, 1.165) is 16.5 Å². The number of hydrogen-bond donors (Lipinski definition) is 1. The highest BCUT2D eigenvalue weighted by Crippen LogP contribution is 2.42. The normalized spacial score (nSPS) is 18.7. The van der Waals surface area contributed by atoms with E-state index in [0.29, 0.717) is 18.7 Å². The third-order valence-electron chi connectivity index (χ3n) is 5.60. The fourth-order valence-electron chi connectivity index (χ4n) is 4.08. The first kappa shape index (κ1) is 19.9. The molecule has 0 bridgehead atoms. The summed E-state index contributed by atoms with van der Waals surface area (Å²) in [7, 11) is 5.79. The van der Waals surface area contributed by atoms with Crippen molar-refractivity contribution in [2.75, 3.05) is 27.2 Å². The van der Waals surface area contributed by atoms with E-state index in [1.807, 2.05) is 67.1 Å². The lowest BCUT2D eigenvalue weighted by molar-refractivity contribution is -0.140. The summed E-state index contributed by atoms with van der Waals surface area (Å²) in [4.78, 5) is 29.6. The van der Waals surface area contributed by atoms with Gasteiger partial charge in [0.2, 0.25) is 0 Å². The number of carbonyl (C=O) groups excluding carboxylic acids is 2. The van der Waals surface area contributed by atoms with Crippen molar-refractivity contribution in [2.45, 2.75) is 6.04 Å². The molecule has 1 unspecified atom stereocenters. The van der Waals surface area contributed by atoms with Crippen LogP contribution in [0.3, 0.4) is 0 Å². The summed E-state index contributed by atoms with van der Waals surface area (Å²) in [5, 5.41) is 12.0. The highest BCUT2D eigenvalue weighted by atomic mass is 16.3. The van der Waals surface area contributed by atoms with Crippen LogP contribution in [0.15, 0.2) is 66.4 Å². The highest BCUT2D eigenvalue weighted by Gasteiger charge is 2.46. The van der Waals surface area contributed by atoms with E-state index in [1.54, 1.807) is 29.2 Å². The van der Waals surface area contributed by atoms with Crippen LogP contribution in [0.2, 0.25) is 0 Å². The predicted octanol–water partition coefficient (Wildman–Crippen LogP) is 3.16. The van der Waals surface area contributed by atoms with E-state index < -0.39 is 17.7 Å². The Balaban J connectivity index is 1.94. The molecule has 4 rings (SSSR count). The second kappa shape index (κ2) is 7.80. The maximum Gasteiger partial charge on any atom is 0.295 e. The first-order valence-corrected chi connectivity index (χ1v) is 9.92. The maximum absolute atomic E-state index is 13.1. The van der Waals surface area contributed by atoms with Crippen molar-refractivity contribution in [1.29, 1.82) is 0 Å². The number of benzene rings is 2. The molecule has 1 aromatic heterocycles. The Morgan fingerprint density at radius 2 is 1.70 bits per heavy atom. The van der Waals surface area contributed by atoms with Gasteiger partial charge in [-0.2, -0.15) is 0 Å². The number of aryl methyl sites for hydroxylation is 1. The summed E-state index contributed by atoms with van der Waals surface area (Å²) in [5.41, 5.74) is 2.50. The van der Waals surface area contributed by atoms with Crippen molar-refractivity contribution in [3.05, 3.63) is 77.5 Å². The van der Waals surface area contributed by atoms with Crippen LogP contribution in [0.25, 0.3) is 16.7 Å². The molecular weight excluding hydrogens is 378 g/mol. The zero-order valence-electron chi connectivity index (χ0n) is 17.4. The van der Waals surface area contributed by atoms with E-state index in [4.69, 9.17) is 0 Å². The zero-order valence-corrected chi connectivity index (χ0v) is 17.4. The number of carbonyl (C=O) groups is 2. The number of nitrogens with zero attached hydrogens (tertiary/aromatic N) is 3. The summed E-state index contributed by atoms with van der Waals surface area (Å²) in [5.74, 6) is -1.36. The van der Waals surface area contributed by atoms with Gasteiger partial charge in [-0.15, -0.1) is 0 Å². The summed E-state index contributed by atoms with van der Waals surface area (Å²) in [6.45, 7) is 0.997. The number of aromatic nitrogens is 1. The van der Waals surface area contributed by atoms with Gasteiger partial charge in [0.05, 0.1) is 11.6 Å². The number of para-hydroxylation sites is 1. The number of amides is 1. The number of Topliss-reactive ketones (excluding diaryl/α,β-unsaturated/α-hetero) is 1. The number of rotatable bonds is 5. The van der Waals surface area contributed by atoms with Crippen LogP contribution in [-0.2, 0) is 16.6 Å². The van der Waals surface area contributed by atoms with Gasteiger partial charge >= 0.3 is 0 Å². The highest BCUT2D eigenvalue weighted by molar-refractivity contribution is 6.46. The fraction of sp³-hybridized carbons (Fsp3) is 0.250. The standard InChI is InChI=1S/C24H25N3O3/c1-25(2)13-14-27-21(18-15-26(3)19-12-8-7-11-17(18)19)20(23(29)24(27)30)22(28)16-9-5-4-6-10-16/h4-12,15,21,28H,13-14H2,1-3H3/b22-20+. The number of hydrogen-bond acceptors (Lipinski definition) is 4. The minimum Gasteiger partial charge on any atom is -0.507 e. The van der Waals surface area contributed by atoms with Crippen molar-refractivity contribution in [1.82, 2.24) is 14.4 Å². The molecule has 0 saturated carbocycles. The quantitative estimate of drug-likeness (QED) is 0.404. The molecule has 2 aromatic carbocycles. The van der Waals surface area contributed by atoms with Gasteiger partial charge in [-0.05, 0) is 20.2 Å². The number of fused-ring (bicyclic) bond motifs is 1. The SMILES string of the molecule is CN(C)CCN1C(=O)C(=O)/C(=C(/O)c2ccccc2)C1c1cn(C)c2ccccc12. The van der Waals surface area contributed by atoms with E-state index >= 15 is 0 Å². The maximum atomic E-state index is 13.1. The lowest BCUT2D eigenvalue weighted by Gasteiger charge is -2.26. The third-order valence-corrected chi connectivity index (χ3v) is 5.60. The van der Waals surface area contributed by atoms with E-state index in [2.05, 4.69) is 0 Å². The van der Waals surface area contributed by atoms with Crippen molar-refractivity contribution < 1.29 is 14.7 Å². The van der Waals surface area contributed by atoms with E-state index in [-0.39, 0.29) is 11.3 Å². The summed E-state index contributed by atoms with van der Waals surface area (Å²) in [6, 6.07) is 16.2. The minimum absolute atomic E-state index is 0.140. The molecule has 0 spiro atoms. The van der Waals surface area contributed by atoms with Gasteiger partial charge in [0, 0.05) is 48.4 Å². The monoisotopic (exact) mass is 403 g/mol. The molecule has 1 N–H and O–H groups in total. The largest absolute Gasteiger partial charge is 0.507 e. The van der Waals surface area contributed by atoms with Crippen LogP contribution in [0.5, 0.6) is 0 Å². The van der Waals surface area contributed by atoms with E-state index in [1.165, 1.54) is 0 Å². The van der Waals surface area contributed by atoms with E-state index in [9.17, 15) is 14.7 Å². The fourth-order valence-corrected chi connectivity index (χ4v) is 4.08. The molecule has 6 heteroatoms. The van der Waals surface area contributed by atoms with Gasteiger partial charge in [0.1, 0.15) is 5.76 Å². The van der Waals surface area contributed by atoms with Crippen LogP contribution >= 0.6 is 0 Å². The summed E-state index contributed by atoms with van der Waals surface area (Å²) < 4.78 is 1.99. The van der Waals surface area contributed by atoms with Crippen LogP contribution < -0.4 is 0 Å². The number of likely N-dealkylation sites (N-methyl/N-ethyl adjacent to an activating group) is 1. The van der Waals surface area contributed by atoms with Crippen LogP contribution in [0.1, 0.15) is 17.2 Å². The lowest BCUT2D eigenvalue weighted by Crippen LogP contribution is -2.35. The molecule has 1 saturated heterocycles. The first-order valence-electron chi connectivity index (χ1n) is 9.92. The van der Waals surface area contributed by atoms with Gasteiger partial charge < -0.3 is 19.5 Å². The Morgan fingerprint density at radius 1 is 1.03 bits per heavy atom. The Hall–Kier alpha value is -3.38. The van der Waals surface area contributed by atoms with Gasteiger partial charge in [0.15, 0.2) is 0 Å². The van der Waals surface area contributed by atoms with Gasteiger partial charge in [0.25, 0.3) is 11.7 Å². The lowest BCUT2D eigenvalue weighted by atomic mass is 9.95. The first-order chi connectivity index (χ1) is 14.4. The molecule has 6 nitrogen and oxygen atoms in total.